The van der Waals surface area contributed by atoms with Crippen LogP contribution < -0.4 is 0 Å². The maximum atomic E-state index is 11.2. The van der Waals surface area contributed by atoms with Crippen molar-refractivity contribution in [3.8, 4) is 0 Å². The number of hydrogen-bond donors (Lipinski definition) is 0. The van der Waals surface area contributed by atoms with Gasteiger partial charge in [0.25, 0.3) is 0 Å². The van der Waals surface area contributed by atoms with Gasteiger partial charge in [-0.2, -0.15) is 0 Å². The molecule has 0 saturated carbocycles. The fourth-order valence-corrected chi connectivity index (χ4v) is 2.68. The van der Waals surface area contributed by atoms with Crippen LogP contribution in [-0.4, -0.2) is 30.4 Å². The van der Waals surface area contributed by atoms with Crippen molar-refractivity contribution in [2.75, 3.05) is 0 Å². The summed E-state index contributed by atoms with van der Waals surface area (Å²) in [6, 6.07) is 10.1. The van der Waals surface area contributed by atoms with Gasteiger partial charge in [0, 0.05) is 26.7 Å². The molecule has 3 atom stereocenters. The third-order valence-electron chi connectivity index (χ3n) is 3.55. The molecule has 1 aromatic rings. The van der Waals surface area contributed by atoms with Gasteiger partial charge in [0.2, 0.25) is 6.29 Å². The smallest absolute Gasteiger partial charge is 0.304 e. The number of carbonyl (C=O) groups excluding carboxylic acids is 2. The predicted octanol–water partition coefficient (Wildman–Crippen LogP) is 2.62. The zero-order chi connectivity index (χ0) is 15.9. The summed E-state index contributed by atoms with van der Waals surface area (Å²) in [5.74, 6) is -0.717. The zero-order valence-electron chi connectivity index (χ0n) is 13.0. The van der Waals surface area contributed by atoms with E-state index in [0.29, 0.717) is 12.8 Å². The molecule has 0 unspecified atom stereocenters. The first kappa shape index (κ1) is 16.5. The summed E-state index contributed by atoms with van der Waals surface area (Å²) in [4.78, 5) is 22.3. The van der Waals surface area contributed by atoms with E-state index in [0.717, 1.165) is 12.8 Å². The van der Waals surface area contributed by atoms with Gasteiger partial charge in [-0.05, 0) is 18.4 Å². The minimum absolute atomic E-state index is 0.0948. The van der Waals surface area contributed by atoms with Crippen LogP contribution >= 0.6 is 0 Å². The van der Waals surface area contributed by atoms with Crippen molar-refractivity contribution in [1.82, 2.24) is 0 Å². The van der Waals surface area contributed by atoms with Gasteiger partial charge in [-0.3, -0.25) is 9.59 Å². The Bertz CT molecular complexity index is 475. The Balaban J connectivity index is 1.92. The SMILES string of the molecule is CC(=O)O[C@H]1C[C@@H](CCc2ccccc2)O[C@@H](OC(C)=O)C1. The average Bonchev–Trinajstić information content (AvgIpc) is 2.44. The van der Waals surface area contributed by atoms with Gasteiger partial charge >= 0.3 is 11.9 Å². The molecule has 1 aliphatic heterocycles. The van der Waals surface area contributed by atoms with Gasteiger partial charge in [0.1, 0.15) is 6.10 Å². The van der Waals surface area contributed by atoms with E-state index in [2.05, 4.69) is 12.1 Å². The molecular formula is C17H22O5. The van der Waals surface area contributed by atoms with E-state index in [4.69, 9.17) is 14.2 Å². The van der Waals surface area contributed by atoms with Crippen molar-refractivity contribution in [3.05, 3.63) is 35.9 Å². The lowest BCUT2D eigenvalue weighted by Gasteiger charge is -2.34. The lowest BCUT2D eigenvalue weighted by atomic mass is 9.98. The Morgan fingerprint density at radius 2 is 1.77 bits per heavy atom. The van der Waals surface area contributed by atoms with Gasteiger partial charge in [0.15, 0.2) is 0 Å². The summed E-state index contributed by atoms with van der Waals surface area (Å²) in [6.07, 6.45) is 1.67. The van der Waals surface area contributed by atoms with E-state index < -0.39 is 12.3 Å². The first-order chi connectivity index (χ1) is 10.5. The van der Waals surface area contributed by atoms with Crippen LogP contribution in [0.25, 0.3) is 0 Å². The largest absolute Gasteiger partial charge is 0.462 e. The number of carbonyl (C=O) groups is 2. The molecule has 5 nitrogen and oxygen atoms in total. The fraction of sp³-hybridized carbons (Fsp3) is 0.529. The Labute approximate surface area is 130 Å². The summed E-state index contributed by atoms with van der Waals surface area (Å²) in [5.41, 5.74) is 1.23. The molecule has 5 heteroatoms. The average molecular weight is 306 g/mol. The van der Waals surface area contributed by atoms with Crippen molar-refractivity contribution < 1.29 is 23.8 Å². The van der Waals surface area contributed by atoms with Crippen LogP contribution in [0.2, 0.25) is 0 Å². The highest BCUT2D eigenvalue weighted by atomic mass is 16.7. The van der Waals surface area contributed by atoms with Crippen LogP contribution in [0.5, 0.6) is 0 Å². The molecule has 1 saturated heterocycles. The van der Waals surface area contributed by atoms with Crippen LogP contribution in [0.4, 0.5) is 0 Å². The van der Waals surface area contributed by atoms with Gasteiger partial charge in [0.05, 0.1) is 6.10 Å². The second kappa shape index (κ2) is 7.94. The summed E-state index contributed by atoms with van der Waals surface area (Å²) >= 11 is 0. The van der Waals surface area contributed by atoms with E-state index in [1.165, 1.54) is 19.4 Å². The maximum absolute atomic E-state index is 11.2. The van der Waals surface area contributed by atoms with Gasteiger partial charge in [-0.25, -0.2) is 0 Å². The van der Waals surface area contributed by atoms with Gasteiger partial charge in [-0.1, -0.05) is 30.3 Å². The number of esters is 2. The van der Waals surface area contributed by atoms with Crippen molar-refractivity contribution in [2.24, 2.45) is 0 Å². The quantitative estimate of drug-likeness (QED) is 0.783. The van der Waals surface area contributed by atoms with Crippen LogP contribution in [0.3, 0.4) is 0 Å². The summed E-state index contributed by atoms with van der Waals surface area (Å²) in [6.45, 7) is 2.73. The molecule has 2 rings (SSSR count). The van der Waals surface area contributed by atoms with Crippen molar-refractivity contribution in [1.29, 1.82) is 0 Å². The van der Waals surface area contributed by atoms with Crippen LogP contribution in [0, 0.1) is 0 Å². The van der Waals surface area contributed by atoms with Crippen molar-refractivity contribution >= 4 is 11.9 Å². The lowest BCUT2D eigenvalue weighted by Crippen LogP contribution is -2.40. The summed E-state index contributed by atoms with van der Waals surface area (Å²) < 4.78 is 16.2. The Hall–Kier alpha value is -1.88. The third-order valence-corrected chi connectivity index (χ3v) is 3.55. The monoisotopic (exact) mass is 306 g/mol. The molecule has 0 aromatic heterocycles. The second-order valence-electron chi connectivity index (χ2n) is 5.52. The standard InChI is InChI=1S/C17H22O5/c1-12(18)20-16-10-15(22-17(11-16)21-13(2)19)9-8-14-6-4-3-5-7-14/h3-7,15-17H,8-11H2,1-2H3/t15-,16+,17-/m1/s1. The highest BCUT2D eigenvalue weighted by Gasteiger charge is 2.32. The topological polar surface area (TPSA) is 61.8 Å². The molecule has 1 heterocycles. The number of rotatable bonds is 5. The Morgan fingerprint density at radius 3 is 2.41 bits per heavy atom. The van der Waals surface area contributed by atoms with Gasteiger partial charge < -0.3 is 14.2 Å². The van der Waals surface area contributed by atoms with Crippen molar-refractivity contribution in [3.63, 3.8) is 0 Å². The minimum Gasteiger partial charge on any atom is -0.462 e. The number of hydrogen-bond acceptors (Lipinski definition) is 5. The zero-order valence-corrected chi connectivity index (χ0v) is 13.0. The summed E-state index contributed by atoms with van der Waals surface area (Å²) in [5, 5.41) is 0. The molecule has 0 aliphatic carbocycles. The molecule has 1 fully saturated rings. The fourth-order valence-electron chi connectivity index (χ4n) is 2.68. The van der Waals surface area contributed by atoms with Crippen LogP contribution in [-0.2, 0) is 30.2 Å². The molecule has 120 valence electrons. The maximum Gasteiger partial charge on any atom is 0.304 e. The van der Waals surface area contributed by atoms with Gasteiger partial charge in [-0.15, -0.1) is 0 Å². The third kappa shape index (κ3) is 5.48. The normalized spacial score (nSPS) is 24.5. The number of aryl methyl sites for hydroxylation is 1. The summed E-state index contributed by atoms with van der Waals surface area (Å²) in [7, 11) is 0. The highest BCUT2D eigenvalue weighted by molar-refractivity contribution is 5.66. The number of benzene rings is 1. The molecule has 22 heavy (non-hydrogen) atoms. The molecule has 0 amide bonds. The van der Waals surface area contributed by atoms with Crippen LogP contribution in [0.1, 0.15) is 38.7 Å². The minimum atomic E-state index is -0.642. The van der Waals surface area contributed by atoms with E-state index in [1.54, 1.807) is 0 Å². The van der Waals surface area contributed by atoms with E-state index in [-0.39, 0.29) is 18.2 Å². The van der Waals surface area contributed by atoms with E-state index in [1.807, 2.05) is 18.2 Å². The highest BCUT2D eigenvalue weighted by Crippen LogP contribution is 2.26. The molecular weight excluding hydrogens is 284 g/mol. The Morgan fingerprint density at radius 1 is 1.09 bits per heavy atom. The number of ether oxygens (including phenoxy) is 3. The Kier molecular flexibility index (Phi) is 5.95. The van der Waals surface area contributed by atoms with E-state index in [9.17, 15) is 9.59 Å². The predicted molar refractivity (Wildman–Crippen MR) is 80.0 cm³/mol. The molecule has 1 aromatic carbocycles. The molecule has 0 bridgehead atoms. The second-order valence-corrected chi connectivity index (χ2v) is 5.52. The molecule has 0 radical (unpaired) electrons. The van der Waals surface area contributed by atoms with Crippen LogP contribution in [0.15, 0.2) is 30.3 Å². The molecule has 0 spiro atoms. The van der Waals surface area contributed by atoms with E-state index >= 15 is 0 Å². The molecule has 0 N–H and O–H groups in total. The first-order valence-electron chi connectivity index (χ1n) is 7.56. The lowest BCUT2D eigenvalue weighted by molar-refractivity contribution is -0.219. The van der Waals surface area contributed by atoms with Crippen molar-refractivity contribution in [2.45, 2.75) is 58.0 Å². The molecule has 1 aliphatic rings. The first-order valence-corrected chi connectivity index (χ1v) is 7.56.